The van der Waals surface area contributed by atoms with Crippen LogP contribution in [-0.4, -0.2) is 52.5 Å². The largest absolute Gasteiger partial charge is 0.477 e. The van der Waals surface area contributed by atoms with Gasteiger partial charge in [-0.2, -0.15) is 13.2 Å². The Morgan fingerprint density at radius 2 is 1.94 bits per heavy atom. The van der Waals surface area contributed by atoms with Crippen molar-refractivity contribution < 1.29 is 32.7 Å². The third-order valence-corrected chi connectivity index (χ3v) is 2.00. The lowest BCUT2D eigenvalue weighted by Gasteiger charge is -2.30. The third-order valence-electron chi connectivity index (χ3n) is 2.00. The lowest BCUT2D eigenvalue weighted by Crippen LogP contribution is -2.48. The molecule has 0 aliphatic carbocycles. The normalized spacial score (nSPS) is 16.5. The van der Waals surface area contributed by atoms with E-state index >= 15 is 0 Å². The summed E-state index contributed by atoms with van der Waals surface area (Å²) < 4.78 is 36.5. The molecular weight excluding hydrogens is 245 g/mol. The van der Waals surface area contributed by atoms with Gasteiger partial charge in [0.1, 0.15) is 5.70 Å². The maximum atomic E-state index is 12.2. The number of carbonyl (C=O) groups is 3. The number of halogens is 3. The van der Waals surface area contributed by atoms with Gasteiger partial charge in [0, 0.05) is 19.3 Å². The Morgan fingerprint density at radius 3 is 2.35 bits per heavy atom. The molecule has 0 aromatic carbocycles. The number of carboxylic acid groups (broad SMARTS) is 1. The fourth-order valence-corrected chi connectivity index (χ4v) is 1.25. The van der Waals surface area contributed by atoms with Crippen LogP contribution in [0.15, 0.2) is 11.9 Å². The van der Waals surface area contributed by atoms with Crippen molar-refractivity contribution in [3.63, 3.8) is 0 Å². The molecule has 1 heterocycles. The molecule has 6 nitrogen and oxygen atoms in total. The smallest absolute Gasteiger partial charge is 0.471 e. The highest BCUT2D eigenvalue weighted by Gasteiger charge is 2.45. The highest BCUT2D eigenvalue weighted by Crippen LogP contribution is 2.23. The number of aliphatic carboxylic acids is 1. The monoisotopic (exact) mass is 252 g/mol. The molecule has 0 bridgehead atoms. The van der Waals surface area contributed by atoms with Crippen molar-refractivity contribution in [1.82, 2.24) is 9.80 Å². The van der Waals surface area contributed by atoms with Gasteiger partial charge in [-0.25, -0.2) is 4.79 Å². The molecule has 1 aliphatic heterocycles. The topological polar surface area (TPSA) is 77.9 Å². The van der Waals surface area contributed by atoms with Gasteiger partial charge in [-0.3, -0.25) is 14.5 Å². The summed E-state index contributed by atoms with van der Waals surface area (Å²) in [5, 5.41) is 8.66. The molecule has 1 aliphatic rings. The first-order valence-corrected chi connectivity index (χ1v) is 4.32. The maximum absolute atomic E-state index is 12.2. The molecular formula is C8H7F3N2O4. The van der Waals surface area contributed by atoms with Crippen LogP contribution in [0.25, 0.3) is 0 Å². The Hall–Kier alpha value is -2.06. The molecule has 2 amide bonds. The zero-order valence-corrected chi connectivity index (χ0v) is 8.27. The van der Waals surface area contributed by atoms with Crippen molar-refractivity contribution in [1.29, 1.82) is 0 Å². The van der Waals surface area contributed by atoms with E-state index in [4.69, 9.17) is 5.11 Å². The van der Waals surface area contributed by atoms with Gasteiger partial charge in [-0.1, -0.05) is 0 Å². The summed E-state index contributed by atoms with van der Waals surface area (Å²) in [6, 6.07) is 0. The first-order valence-electron chi connectivity index (χ1n) is 4.32. The highest BCUT2D eigenvalue weighted by atomic mass is 19.4. The van der Waals surface area contributed by atoms with Gasteiger partial charge in [0.15, 0.2) is 0 Å². The van der Waals surface area contributed by atoms with Crippen molar-refractivity contribution in [2.24, 2.45) is 0 Å². The second-order valence-corrected chi connectivity index (χ2v) is 3.12. The molecule has 94 valence electrons. The Kier molecular flexibility index (Phi) is 3.39. The van der Waals surface area contributed by atoms with Crippen LogP contribution in [0.4, 0.5) is 13.2 Å². The first kappa shape index (κ1) is 13.0. The maximum Gasteiger partial charge on any atom is 0.471 e. The van der Waals surface area contributed by atoms with Crippen LogP contribution < -0.4 is 0 Å². The third kappa shape index (κ3) is 2.74. The number of nitrogens with zero attached hydrogens (tertiary/aromatic N) is 2. The van der Waals surface area contributed by atoms with Crippen LogP contribution in [-0.2, 0) is 14.4 Å². The zero-order chi connectivity index (χ0) is 13.2. The molecule has 17 heavy (non-hydrogen) atoms. The van der Waals surface area contributed by atoms with Gasteiger partial charge in [0.25, 0.3) is 0 Å². The predicted octanol–water partition coefficient (Wildman–Crippen LogP) is -0.225. The Morgan fingerprint density at radius 1 is 1.35 bits per heavy atom. The van der Waals surface area contributed by atoms with Crippen LogP contribution in [0.1, 0.15) is 0 Å². The molecule has 0 radical (unpaired) electrons. The second kappa shape index (κ2) is 4.44. The van der Waals surface area contributed by atoms with E-state index in [1.54, 1.807) is 0 Å². The van der Waals surface area contributed by atoms with E-state index < -0.39 is 30.3 Å². The molecule has 0 fully saturated rings. The van der Waals surface area contributed by atoms with E-state index in [2.05, 4.69) is 0 Å². The number of rotatable bonds is 2. The fraction of sp³-hybridized carbons (Fsp3) is 0.375. The van der Waals surface area contributed by atoms with Gasteiger partial charge in [0.05, 0.1) is 0 Å². The van der Waals surface area contributed by atoms with E-state index in [-0.39, 0.29) is 17.9 Å². The number of carboxylic acids is 1. The summed E-state index contributed by atoms with van der Waals surface area (Å²) in [5.74, 6) is -3.98. The van der Waals surface area contributed by atoms with Crippen molar-refractivity contribution in [3.05, 3.63) is 11.9 Å². The summed E-state index contributed by atoms with van der Waals surface area (Å²) >= 11 is 0. The Bertz CT molecular complexity index is 391. The van der Waals surface area contributed by atoms with Gasteiger partial charge >= 0.3 is 18.1 Å². The van der Waals surface area contributed by atoms with E-state index in [1.807, 2.05) is 0 Å². The predicted molar refractivity (Wildman–Crippen MR) is 46.3 cm³/mol. The molecule has 0 atom stereocenters. The van der Waals surface area contributed by atoms with E-state index in [0.717, 1.165) is 4.90 Å². The summed E-state index contributed by atoms with van der Waals surface area (Å²) in [7, 11) is 0. The average molecular weight is 252 g/mol. The van der Waals surface area contributed by atoms with Crippen molar-refractivity contribution in [2.45, 2.75) is 6.18 Å². The summed E-state index contributed by atoms with van der Waals surface area (Å²) in [5.41, 5.74) is -0.884. The molecule has 0 saturated heterocycles. The molecule has 0 saturated carbocycles. The van der Waals surface area contributed by atoms with Gasteiger partial charge in [0.2, 0.25) is 6.41 Å². The molecule has 0 spiro atoms. The number of carbonyl (C=O) groups excluding carboxylic acids is 2. The van der Waals surface area contributed by atoms with E-state index in [1.165, 1.54) is 0 Å². The number of amides is 2. The molecule has 1 rings (SSSR count). The molecule has 9 heteroatoms. The zero-order valence-electron chi connectivity index (χ0n) is 8.27. The highest BCUT2D eigenvalue weighted by molar-refractivity contribution is 5.95. The van der Waals surface area contributed by atoms with Gasteiger partial charge in [-0.05, 0) is 0 Å². The molecule has 0 unspecified atom stereocenters. The Labute approximate surface area is 92.9 Å². The molecule has 0 aromatic rings. The van der Waals surface area contributed by atoms with Crippen LogP contribution in [0.2, 0.25) is 0 Å². The molecule has 1 N–H and O–H groups in total. The van der Waals surface area contributed by atoms with Crippen LogP contribution in [0.5, 0.6) is 0 Å². The fourth-order valence-electron chi connectivity index (χ4n) is 1.25. The average Bonchev–Trinajstić information content (AvgIpc) is 2.25. The minimum atomic E-state index is -5.15. The van der Waals surface area contributed by atoms with E-state index in [9.17, 15) is 27.6 Å². The summed E-state index contributed by atoms with van der Waals surface area (Å²) in [6.07, 6.45) is -4.21. The van der Waals surface area contributed by atoms with Crippen molar-refractivity contribution in [2.75, 3.05) is 13.1 Å². The quantitative estimate of drug-likeness (QED) is 0.689. The lowest BCUT2D eigenvalue weighted by atomic mass is 10.3. The minimum Gasteiger partial charge on any atom is -0.477 e. The lowest BCUT2D eigenvalue weighted by molar-refractivity contribution is -0.184. The van der Waals surface area contributed by atoms with Gasteiger partial charge in [-0.15, -0.1) is 0 Å². The number of alkyl halides is 3. The van der Waals surface area contributed by atoms with Crippen LogP contribution in [0, 0.1) is 0 Å². The summed E-state index contributed by atoms with van der Waals surface area (Å²) in [6.45, 7) is -0.711. The minimum absolute atomic E-state index is 0.0856. The van der Waals surface area contributed by atoms with E-state index in [0.29, 0.717) is 6.20 Å². The molecule has 0 aromatic heterocycles. The number of hydrogen-bond acceptors (Lipinski definition) is 3. The summed E-state index contributed by atoms with van der Waals surface area (Å²) in [4.78, 5) is 32.9. The van der Waals surface area contributed by atoms with Crippen LogP contribution in [0.3, 0.4) is 0 Å². The second-order valence-electron chi connectivity index (χ2n) is 3.12. The first-order chi connectivity index (χ1) is 7.77. The standard InChI is InChI=1S/C8H7F3N2O4/c9-8(10,11)7(17)13-2-1-12(4-14)3-5(13)6(15)16/h3-4H,1-2H2,(H,15,16). The van der Waals surface area contributed by atoms with Crippen molar-refractivity contribution in [3.8, 4) is 0 Å². The SMILES string of the molecule is O=CN1C=C(C(=O)O)N(C(=O)C(F)(F)F)CC1. The Balaban J connectivity index is 3.05. The van der Waals surface area contributed by atoms with Crippen molar-refractivity contribution >= 4 is 18.3 Å². The van der Waals surface area contributed by atoms with Gasteiger partial charge < -0.3 is 10.0 Å². The van der Waals surface area contributed by atoms with Crippen LogP contribution >= 0.6 is 0 Å². The number of hydrogen-bond donors (Lipinski definition) is 1.